The van der Waals surface area contributed by atoms with Crippen LogP contribution in [-0.2, 0) is 30.7 Å². The van der Waals surface area contributed by atoms with E-state index in [4.69, 9.17) is 0 Å². The van der Waals surface area contributed by atoms with Gasteiger partial charge in [-0.15, -0.1) is 38.7 Å². The second-order valence-corrected chi connectivity index (χ2v) is 17.7. The summed E-state index contributed by atoms with van der Waals surface area (Å²) in [5, 5.41) is 0. The van der Waals surface area contributed by atoms with Crippen molar-refractivity contribution in [1.29, 1.82) is 0 Å². The van der Waals surface area contributed by atoms with Gasteiger partial charge in [0.15, 0.2) is 0 Å². The summed E-state index contributed by atoms with van der Waals surface area (Å²) in [5.41, 5.74) is 17.1. The zero-order chi connectivity index (χ0) is 40.2. The third kappa shape index (κ3) is 9.07. The Morgan fingerprint density at radius 3 is 1.70 bits per heavy atom. The molecule has 3 unspecified atom stereocenters. The van der Waals surface area contributed by atoms with Crippen LogP contribution in [0.4, 0.5) is 0 Å². The molecule has 0 aliphatic heterocycles. The van der Waals surface area contributed by atoms with Gasteiger partial charge in [-0.2, -0.15) is 94.1 Å². The van der Waals surface area contributed by atoms with Gasteiger partial charge >= 0.3 is 28.4 Å². The van der Waals surface area contributed by atoms with Crippen LogP contribution in [0.15, 0.2) is 118 Å². The van der Waals surface area contributed by atoms with Crippen molar-refractivity contribution in [2.45, 2.75) is 116 Å². The fraction of sp³-hybridized carbons (Fsp3) is 0.434. The fourth-order valence-electron chi connectivity index (χ4n) is 9.67. The van der Waals surface area contributed by atoms with E-state index < -0.39 is 0 Å². The maximum absolute atomic E-state index is 3.36. The average molecular weight is 867 g/mol. The first kappa shape index (κ1) is 49.7. The minimum atomic E-state index is 0. The molecule has 56 heavy (non-hydrogen) atoms. The number of aryl methyl sites for hydroxylation is 2. The molecule has 0 radical (unpaired) electrons. The van der Waals surface area contributed by atoms with Gasteiger partial charge in [0.2, 0.25) is 0 Å². The van der Waals surface area contributed by atoms with E-state index in [1.165, 1.54) is 76.1 Å². The molecule has 0 heterocycles. The van der Waals surface area contributed by atoms with E-state index in [-0.39, 0.29) is 46.5 Å². The number of rotatable bonds is 0. The monoisotopic (exact) mass is 864 g/mol. The summed E-state index contributed by atoms with van der Waals surface area (Å²) < 4.78 is 3.34. The molecule has 0 nitrogen and oxygen atoms in total. The van der Waals surface area contributed by atoms with Gasteiger partial charge in [0.25, 0.3) is 0 Å². The molecule has 0 N–H and O–H groups in total. The Balaban J connectivity index is 0.000000326. The summed E-state index contributed by atoms with van der Waals surface area (Å²) in [6.45, 7) is 33.1. The fourth-order valence-corrected chi connectivity index (χ4v) is 9.67. The van der Waals surface area contributed by atoms with Crippen molar-refractivity contribution < 1.29 is 24.2 Å². The predicted molar refractivity (Wildman–Crippen MR) is 246 cm³/mol. The van der Waals surface area contributed by atoms with Gasteiger partial charge in [-0.1, -0.05) is 154 Å². The van der Waals surface area contributed by atoms with Crippen molar-refractivity contribution >= 4 is 34.6 Å². The molecule has 0 bridgehead atoms. The van der Waals surface area contributed by atoms with E-state index in [0.717, 1.165) is 6.42 Å². The van der Waals surface area contributed by atoms with Gasteiger partial charge < -0.3 is 0 Å². The van der Waals surface area contributed by atoms with Gasteiger partial charge in [-0.25, -0.2) is 11.5 Å². The first-order valence-corrected chi connectivity index (χ1v) is 21.7. The second-order valence-electron chi connectivity index (χ2n) is 17.7. The van der Waals surface area contributed by atoms with E-state index in [2.05, 4.69) is 156 Å². The predicted octanol–water partition coefficient (Wildman–Crippen LogP) is 15.1. The molecular formula is C53H68Cl2Zr-4. The molecule has 5 aliphatic carbocycles. The summed E-state index contributed by atoms with van der Waals surface area (Å²) >= 11 is 1.30. The zero-order valence-corrected chi connectivity index (χ0v) is 41.0. The van der Waals surface area contributed by atoms with Crippen LogP contribution in [0.3, 0.4) is 0 Å². The van der Waals surface area contributed by atoms with E-state index >= 15 is 0 Å². The van der Waals surface area contributed by atoms with Crippen LogP contribution in [0.5, 0.6) is 0 Å². The van der Waals surface area contributed by atoms with E-state index in [9.17, 15) is 0 Å². The Kier molecular flexibility index (Phi) is 17.8. The van der Waals surface area contributed by atoms with Crippen LogP contribution in [0.2, 0.25) is 0 Å². The Bertz CT molecular complexity index is 1900. The maximum atomic E-state index is 3.36. The minimum absolute atomic E-state index is 0. The quantitative estimate of drug-likeness (QED) is 0.198. The second kappa shape index (κ2) is 20.0. The molecule has 1 saturated carbocycles. The van der Waals surface area contributed by atoms with Gasteiger partial charge in [-0.05, 0) is 40.6 Å². The Morgan fingerprint density at radius 1 is 0.750 bits per heavy atom. The first-order valence-electron chi connectivity index (χ1n) is 20.0. The normalized spacial score (nSPS) is 23.8. The summed E-state index contributed by atoms with van der Waals surface area (Å²) in [4.78, 5) is 0. The summed E-state index contributed by atoms with van der Waals surface area (Å²) in [5.74, 6) is 2.80. The first-order chi connectivity index (χ1) is 25.4. The van der Waals surface area contributed by atoms with Crippen LogP contribution in [0.1, 0.15) is 118 Å². The number of fused-ring (bicyclic) bond motifs is 6. The molecule has 8 rings (SSSR count). The molecule has 0 aromatic heterocycles. The molecule has 3 aromatic carbocycles. The van der Waals surface area contributed by atoms with Crippen molar-refractivity contribution in [3.63, 3.8) is 0 Å². The Hall–Kier alpha value is -2.44. The molecule has 0 spiro atoms. The molecule has 5 aliphatic rings. The van der Waals surface area contributed by atoms with E-state index in [0.29, 0.717) is 11.8 Å². The molecule has 302 valence electrons. The van der Waals surface area contributed by atoms with Crippen LogP contribution < -0.4 is 0 Å². The third-order valence-corrected chi connectivity index (χ3v) is 14.8. The molecule has 0 amide bonds. The van der Waals surface area contributed by atoms with Gasteiger partial charge in [0.05, 0.1) is 0 Å². The summed E-state index contributed by atoms with van der Waals surface area (Å²) in [6, 6.07) is 30.8. The number of benzene rings is 3. The van der Waals surface area contributed by atoms with E-state index in [1.807, 2.05) is 48.5 Å². The molecular weight excluding hydrogens is 799 g/mol. The summed E-state index contributed by atoms with van der Waals surface area (Å²) in [6.07, 6.45) is 11.9. The molecule has 1 fully saturated rings. The van der Waals surface area contributed by atoms with Crippen molar-refractivity contribution in [3.05, 3.63) is 165 Å². The van der Waals surface area contributed by atoms with Crippen molar-refractivity contribution in [2.75, 3.05) is 0 Å². The van der Waals surface area contributed by atoms with E-state index in [1.54, 1.807) is 28.2 Å². The molecule has 3 heteroatoms. The van der Waals surface area contributed by atoms with Crippen molar-refractivity contribution in [3.8, 4) is 0 Å². The SMILES string of the molecule is CC1=[C-]C(C)C(C)=C1C.C[C-]1C2=C3Cc4ccccc4C3=C3C=CCCC3C2(C)C(C)(C)C(C)(C)C1(C)C.Cc1cc[c-]cc1.Cc1cc[c-]cc1.Cl.Cl.[CH2]=[Zr]. The number of allylic oxidation sites excluding steroid dienone is 10. The molecule has 0 saturated heterocycles. The van der Waals surface area contributed by atoms with Crippen LogP contribution in [0, 0.1) is 71.5 Å². The van der Waals surface area contributed by atoms with Crippen LogP contribution >= 0.6 is 24.8 Å². The topological polar surface area (TPSA) is 0 Å². The van der Waals surface area contributed by atoms with Crippen molar-refractivity contribution in [2.24, 2.45) is 33.5 Å². The Labute approximate surface area is 370 Å². The number of halogens is 2. The van der Waals surface area contributed by atoms with Crippen LogP contribution in [-0.4, -0.2) is 4.21 Å². The Morgan fingerprint density at radius 2 is 1.27 bits per heavy atom. The van der Waals surface area contributed by atoms with Gasteiger partial charge in [0, 0.05) is 0 Å². The third-order valence-electron chi connectivity index (χ3n) is 14.8. The molecule has 3 atom stereocenters. The molecule has 3 aromatic rings. The standard InChI is InChI=1S/C29H37.C9H13.2C7H7.CH2.2ClH.Zr/c1-18-25-22-17-19-13-9-10-14-20(19)24(22)21-15-11-12-16-23(21)29(25,8)28(6,7)27(4,5)26(18,2)3;1-6-5-7(2)9(4)8(6)3;2*1-7-5-3-2-4-6-7;;;;/h9-11,13-15,23H,12,16-17H2,1-8H3;6H,1-4H3;2*3-6H,1H3;1H2;2*1H;/q4*-1;;;;. The number of hydrogen-bond acceptors (Lipinski definition) is 0. The van der Waals surface area contributed by atoms with Crippen molar-refractivity contribution in [1.82, 2.24) is 0 Å². The van der Waals surface area contributed by atoms with Gasteiger partial charge in [0.1, 0.15) is 0 Å². The van der Waals surface area contributed by atoms with Gasteiger partial charge in [-0.3, -0.25) is 6.08 Å². The summed E-state index contributed by atoms with van der Waals surface area (Å²) in [7, 11) is 0. The zero-order valence-electron chi connectivity index (χ0n) is 36.9. The number of hydrogen-bond donors (Lipinski definition) is 0. The average Bonchev–Trinajstić information content (AvgIpc) is 3.64. The van der Waals surface area contributed by atoms with Crippen LogP contribution in [0.25, 0.3) is 5.57 Å².